The molecular weight excluding hydrogens is 388 g/mol. The van der Waals surface area contributed by atoms with Crippen molar-refractivity contribution in [3.8, 4) is 0 Å². The van der Waals surface area contributed by atoms with Gasteiger partial charge in [-0.15, -0.1) is 0 Å². The predicted octanol–water partition coefficient (Wildman–Crippen LogP) is 3.41. The monoisotopic (exact) mass is 410 g/mol. The molecule has 0 unspecified atom stereocenters. The Hall–Kier alpha value is -3.66. The zero-order valence-electron chi connectivity index (χ0n) is 17.0. The van der Waals surface area contributed by atoms with Gasteiger partial charge in [-0.2, -0.15) is 0 Å². The van der Waals surface area contributed by atoms with Crippen LogP contribution in [0.1, 0.15) is 55.8 Å². The van der Waals surface area contributed by atoms with E-state index in [1.807, 2.05) is 6.07 Å². The summed E-state index contributed by atoms with van der Waals surface area (Å²) < 4.78 is 0. The number of rotatable bonds is 4. The molecule has 0 heterocycles. The van der Waals surface area contributed by atoms with E-state index in [0.29, 0.717) is 5.56 Å². The standard InChI is InChI=1S/C27H22O4/c28-26(29)23-6-3-7-24(27(30)31)25(23)15-16-8-11-20-18(14-16)10-13-21-19-5-2-1-4-17(19)9-12-22(20)21/h3-4,6-12,14H,1-2,5,13,15H2,(H,28,29)(H,30,31). The summed E-state index contributed by atoms with van der Waals surface area (Å²) in [4.78, 5) is 23.3. The molecule has 0 atom stereocenters. The lowest BCUT2D eigenvalue weighted by Gasteiger charge is -2.16. The number of carboxylic acid groups (broad SMARTS) is 2. The highest BCUT2D eigenvalue weighted by Crippen LogP contribution is 2.21. The molecule has 0 saturated heterocycles. The number of benzene rings is 3. The molecule has 0 spiro atoms. The molecule has 2 aliphatic rings. The predicted molar refractivity (Wildman–Crippen MR) is 119 cm³/mol. The van der Waals surface area contributed by atoms with Crippen molar-refractivity contribution in [1.82, 2.24) is 0 Å². The summed E-state index contributed by atoms with van der Waals surface area (Å²) in [5, 5.41) is 24.0. The van der Waals surface area contributed by atoms with Gasteiger partial charge in [0.25, 0.3) is 0 Å². The summed E-state index contributed by atoms with van der Waals surface area (Å²) in [6.45, 7) is 0. The fourth-order valence-electron chi connectivity index (χ4n) is 4.95. The number of hydrogen-bond acceptors (Lipinski definition) is 2. The number of hydrogen-bond donors (Lipinski definition) is 2. The summed E-state index contributed by atoms with van der Waals surface area (Å²) in [5.74, 6) is -2.23. The van der Waals surface area contributed by atoms with Crippen molar-refractivity contribution in [3.63, 3.8) is 0 Å². The molecule has 3 aromatic rings. The van der Waals surface area contributed by atoms with Crippen LogP contribution in [0.3, 0.4) is 0 Å². The Morgan fingerprint density at radius 1 is 0.806 bits per heavy atom. The van der Waals surface area contributed by atoms with Gasteiger partial charge in [0.2, 0.25) is 0 Å². The quantitative estimate of drug-likeness (QED) is 0.691. The van der Waals surface area contributed by atoms with E-state index in [0.717, 1.165) is 30.0 Å². The first-order valence-electron chi connectivity index (χ1n) is 10.6. The SMILES string of the molecule is O=C(O)c1cccc(C(=O)O)c1Cc1ccc2c(c1)=CCc1c3c(ccc1=2)=CCCC3. The first-order valence-corrected chi connectivity index (χ1v) is 10.6. The molecule has 4 heteroatoms. The van der Waals surface area contributed by atoms with Crippen LogP contribution in [0.25, 0.3) is 12.2 Å². The van der Waals surface area contributed by atoms with Gasteiger partial charge in [-0.1, -0.05) is 48.6 Å². The summed E-state index contributed by atoms with van der Waals surface area (Å²) in [6.07, 6.45) is 9.18. The van der Waals surface area contributed by atoms with Gasteiger partial charge in [0, 0.05) is 0 Å². The number of fused-ring (bicyclic) bond motifs is 4. The molecule has 2 aliphatic carbocycles. The maximum atomic E-state index is 11.7. The van der Waals surface area contributed by atoms with Crippen molar-refractivity contribution in [3.05, 3.63) is 103 Å². The molecule has 0 saturated carbocycles. The van der Waals surface area contributed by atoms with Gasteiger partial charge in [0.1, 0.15) is 0 Å². The Labute approximate surface area is 179 Å². The number of carbonyl (C=O) groups is 2. The van der Waals surface area contributed by atoms with Crippen molar-refractivity contribution >= 4 is 24.1 Å². The Balaban J connectivity index is 1.65. The lowest BCUT2D eigenvalue weighted by atomic mass is 9.88. The Bertz CT molecular complexity index is 1430. The second-order valence-corrected chi connectivity index (χ2v) is 8.20. The largest absolute Gasteiger partial charge is 0.478 e. The smallest absolute Gasteiger partial charge is 0.336 e. The molecule has 5 rings (SSSR count). The van der Waals surface area contributed by atoms with Crippen molar-refractivity contribution in [2.45, 2.75) is 32.1 Å². The van der Waals surface area contributed by atoms with Crippen LogP contribution in [-0.4, -0.2) is 22.2 Å². The Morgan fingerprint density at radius 2 is 1.55 bits per heavy atom. The van der Waals surface area contributed by atoms with Gasteiger partial charge >= 0.3 is 11.9 Å². The summed E-state index contributed by atoms with van der Waals surface area (Å²) >= 11 is 0. The second-order valence-electron chi connectivity index (χ2n) is 8.20. The van der Waals surface area contributed by atoms with Crippen LogP contribution >= 0.6 is 0 Å². The summed E-state index contributed by atoms with van der Waals surface area (Å²) in [7, 11) is 0. The Morgan fingerprint density at radius 3 is 2.29 bits per heavy atom. The molecule has 0 amide bonds. The van der Waals surface area contributed by atoms with Gasteiger partial charge in [-0.3, -0.25) is 0 Å². The van der Waals surface area contributed by atoms with Gasteiger partial charge in [0.15, 0.2) is 0 Å². The maximum Gasteiger partial charge on any atom is 0.336 e. The molecule has 2 N–H and O–H groups in total. The Kier molecular flexibility index (Phi) is 4.70. The van der Waals surface area contributed by atoms with Crippen molar-refractivity contribution in [1.29, 1.82) is 0 Å². The molecule has 4 nitrogen and oxygen atoms in total. The lowest BCUT2D eigenvalue weighted by Crippen LogP contribution is -2.20. The minimum atomic E-state index is -1.11. The zero-order valence-corrected chi connectivity index (χ0v) is 17.0. The van der Waals surface area contributed by atoms with Crippen LogP contribution < -0.4 is 10.4 Å². The molecule has 0 radical (unpaired) electrons. The number of aromatic carboxylic acids is 2. The van der Waals surface area contributed by atoms with Crippen LogP contribution in [0.2, 0.25) is 0 Å². The van der Waals surface area contributed by atoms with E-state index < -0.39 is 11.9 Å². The van der Waals surface area contributed by atoms with E-state index in [1.165, 1.54) is 51.4 Å². The third-order valence-electron chi connectivity index (χ3n) is 6.41. The normalized spacial score (nSPS) is 13.8. The van der Waals surface area contributed by atoms with Gasteiger partial charge in [-0.05, 0) is 87.4 Å². The third kappa shape index (κ3) is 3.34. The first kappa shape index (κ1) is 19.3. The van der Waals surface area contributed by atoms with Gasteiger partial charge in [-0.25, -0.2) is 9.59 Å². The highest BCUT2D eigenvalue weighted by atomic mass is 16.4. The second kappa shape index (κ2) is 7.55. The van der Waals surface area contributed by atoms with E-state index in [4.69, 9.17) is 0 Å². The molecule has 0 aliphatic heterocycles. The zero-order chi connectivity index (χ0) is 21.5. The molecular formula is C27H22O4. The minimum Gasteiger partial charge on any atom is -0.478 e. The van der Waals surface area contributed by atoms with Crippen LogP contribution in [0.15, 0.2) is 48.5 Å². The number of carboxylic acids is 2. The molecule has 3 aromatic carbocycles. The molecule has 0 aromatic heterocycles. The van der Waals surface area contributed by atoms with E-state index in [1.54, 1.807) is 0 Å². The molecule has 31 heavy (non-hydrogen) atoms. The molecule has 0 bridgehead atoms. The van der Waals surface area contributed by atoms with Crippen molar-refractivity contribution in [2.75, 3.05) is 0 Å². The van der Waals surface area contributed by atoms with E-state index in [2.05, 4.69) is 36.4 Å². The fraction of sp³-hybridized carbons (Fsp3) is 0.185. The van der Waals surface area contributed by atoms with E-state index >= 15 is 0 Å². The third-order valence-corrected chi connectivity index (χ3v) is 6.41. The highest BCUT2D eigenvalue weighted by molar-refractivity contribution is 5.96. The minimum absolute atomic E-state index is 0.0369. The molecule has 154 valence electrons. The van der Waals surface area contributed by atoms with E-state index in [9.17, 15) is 19.8 Å². The van der Waals surface area contributed by atoms with Crippen LogP contribution in [-0.2, 0) is 19.3 Å². The van der Waals surface area contributed by atoms with E-state index in [-0.39, 0.29) is 17.5 Å². The van der Waals surface area contributed by atoms with Crippen molar-refractivity contribution in [2.24, 2.45) is 0 Å². The van der Waals surface area contributed by atoms with Crippen molar-refractivity contribution < 1.29 is 19.8 Å². The average Bonchev–Trinajstić information content (AvgIpc) is 2.78. The summed E-state index contributed by atoms with van der Waals surface area (Å²) in [5.41, 5.74) is 4.20. The highest BCUT2D eigenvalue weighted by Gasteiger charge is 2.19. The maximum absolute atomic E-state index is 11.7. The van der Waals surface area contributed by atoms with Crippen LogP contribution in [0, 0.1) is 10.4 Å². The molecule has 0 fully saturated rings. The first-order chi connectivity index (χ1) is 15.0. The fourth-order valence-corrected chi connectivity index (χ4v) is 4.95. The average molecular weight is 410 g/mol. The van der Waals surface area contributed by atoms with Crippen LogP contribution in [0.4, 0.5) is 0 Å². The summed E-state index contributed by atoms with van der Waals surface area (Å²) in [6, 6.07) is 15.0. The van der Waals surface area contributed by atoms with Gasteiger partial charge < -0.3 is 10.2 Å². The topological polar surface area (TPSA) is 74.6 Å². The van der Waals surface area contributed by atoms with Crippen LogP contribution in [0.5, 0.6) is 0 Å². The lowest BCUT2D eigenvalue weighted by molar-refractivity contribution is 0.0696. The van der Waals surface area contributed by atoms with Gasteiger partial charge in [0.05, 0.1) is 11.1 Å².